The standard InChI is InChI=1S/C16H15BrN2O/c1-11-3-2-4-15-18-9-13(10-19(11)15)16(20)12-5-7-14(17)8-6-12/h2-8,13H,9-10H2,1H3/p+1. The first kappa shape index (κ1) is 13.3. The summed E-state index contributed by atoms with van der Waals surface area (Å²) in [5, 5.41) is 3.35. The molecule has 0 spiro atoms. The number of carbonyl (C=O) groups excluding carboxylic acids is 1. The highest BCUT2D eigenvalue weighted by Crippen LogP contribution is 2.18. The minimum absolute atomic E-state index is 0.0187. The van der Waals surface area contributed by atoms with Crippen molar-refractivity contribution in [2.75, 3.05) is 11.9 Å². The fourth-order valence-corrected chi connectivity index (χ4v) is 2.85. The Kier molecular flexibility index (Phi) is 3.57. The number of fused-ring (bicyclic) bond motifs is 1. The second kappa shape index (κ2) is 5.37. The summed E-state index contributed by atoms with van der Waals surface area (Å²) in [4.78, 5) is 12.6. The maximum absolute atomic E-state index is 12.6. The van der Waals surface area contributed by atoms with Crippen molar-refractivity contribution < 1.29 is 9.36 Å². The van der Waals surface area contributed by atoms with E-state index in [4.69, 9.17) is 0 Å². The van der Waals surface area contributed by atoms with Crippen molar-refractivity contribution in [1.82, 2.24) is 0 Å². The predicted molar refractivity (Wildman–Crippen MR) is 81.8 cm³/mol. The van der Waals surface area contributed by atoms with Crippen LogP contribution in [-0.4, -0.2) is 12.3 Å². The first-order valence-corrected chi connectivity index (χ1v) is 7.47. The molecule has 0 aliphatic carbocycles. The van der Waals surface area contributed by atoms with Gasteiger partial charge in [0.05, 0.1) is 12.5 Å². The van der Waals surface area contributed by atoms with Crippen molar-refractivity contribution in [3.63, 3.8) is 0 Å². The van der Waals surface area contributed by atoms with Crippen LogP contribution >= 0.6 is 15.9 Å². The van der Waals surface area contributed by atoms with E-state index in [0.29, 0.717) is 6.54 Å². The second-order valence-corrected chi connectivity index (χ2v) is 6.03. The number of nitrogens with one attached hydrogen (secondary N) is 1. The Morgan fingerprint density at radius 3 is 2.75 bits per heavy atom. The van der Waals surface area contributed by atoms with Gasteiger partial charge in [0.25, 0.3) is 5.82 Å². The average Bonchev–Trinajstić information content (AvgIpc) is 2.47. The Balaban J connectivity index is 1.85. The zero-order valence-electron chi connectivity index (χ0n) is 11.3. The zero-order chi connectivity index (χ0) is 14.1. The Morgan fingerprint density at radius 1 is 1.25 bits per heavy atom. The summed E-state index contributed by atoms with van der Waals surface area (Å²) < 4.78 is 3.16. The van der Waals surface area contributed by atoms with Crippen molar-refractivity contribution in [3.8, 4) is 0 Å². The highest BCUT2D eigenvalue weighted by Gasteiger charge is 2.30. The first-order valence-electron chi connectivity index (χ1n) is 6.68. The summed E-state index contributed by atoms with van der Waals surface area (Å²) in [5.41, 5.74) is 1.95. The highest BCUT2D eigenvalue weighted by atomic mass is 79.9. The lowest BCUT2D eigenvalue weighted by Crippen LogP contribution is -2.51. The Bertz CT molecular complexity index is 652. The number of nitrogens with zero attached hydrogens (tertiary/aromatic N) is 1. The van der Waals surface area contributed by atoms with Crippen LogP contribution in [0.2, 0.25) is 0 Å². The highest BCUT2D eigenvalue weighted by molar-refractivity contribution is 9.10. The van der Waals surface area contributed by atoms with Gasteiger partial charge in [-0.1, -0.05) is 34.1 Å². The Labute approximate surface area is 126 Å². The monoisotopic (exact) mass is 331 g/mol. The SMILES string of the molecule is Cc1cccc2[n+]1CC(C(=O)c1ccc(Br)cc1)CN2. The quantitative estimate of drug-likeness (QED) is 0.678. The summed E-state index contributed by atoms with van der Waals surface area (Å²) in [7, 11) is 0. The van der Waals surface area contributed by atoms with Gasteiger partial charge in [0.2, 0.25) is 0 Å². The van der Waals surface area contributed by atoms with E-state index in [9.17, 15) is 4.79 Å². The molecule has 3 rings (SSSR count). The molecule has 102 valence electrons. The molecule has 0 saturated heterocycles. The lowest BCUT2D eigenvalue weighted by molar-refractivity contribution is -0.696. The van der Waals surface area contributed by atoms with E-state index in [2.05, 4.69) is 38.8 Å². The molecule has 3 nitrogen and oxygen atoms in total. The van der Waals surface area contributed by atoms with Crippen molar-refractivity contribution in [1.29, 1.82) is 0 Å². The van der Waals surface area contributed by atoms with Gasteiger partial charge >= 0.3 is 0 Å². The lowest BCUT2D eigenvalue weighted by atomic mass is 9.96. The maximum atomic E-state index is 12.6. The molecular weight excluding hydrogens is 316 g/mol. The van der Waals surface area contributed by atoms with E-state index >= 15 is 0 Å². The van der Waals surface area contributed by atoms with Crippen LogP contribution in [0.15, 0.2) is 46.9 Å². The molecule has 0 amide bonds. The fraction of sp³-hybridized carbons (Fsp3) is 0.250. The predicted octanol–water partition coefficient (Wildman–Crippen LogP) is 2.97. The number of Topliss-reactive ketones (excluding diaryl/α,β-unsaturated/α-hetero) is 1. The van der Waals surface area contributed by atoms with Gasteiger partial charge in [0, 0.05) is 16.1 Å². The molecule has 4 heteroatoms. The summed E-state index contributed by atoms with van der Waals surface area (Å²) in [6.07, 6.45) is 0. The fourth-order valence-electron chi connectivity index (χ4n) is 2.58. The average molecular weight is 332 g/mol. The molecule has 1 aliphatic rings. The number of ketones is 1. The molecule has 1 aliphatic heterocycles. The number of halogens is 1. The minimum Gasteiger partial charge on any atom is -0.294 e. The topological polar surface area (TPSA) is 33.0 Å². The van der Waals surface area contributed by atoms with E-state index in [0.717, 1.165) is 22.4 Å². The number of rotatable bonds is 2. The van der Waals surface area contributed by atoms with E-state index in [1.54, 1.807) is 0 Å². The van der Waals surface area contributed by atoms with Gasteiger partial charge in [-0.15, -0.1) is 0 Å². The lowest BCUT2D eigenvalue weighted by Gasteiger charge is -2.21. The largest absolute Gasteiger partial charge is 0.294 e. The molecule has 1 aromatic heterocycles. The third kappa shape index (κ3) is 2.48. The Morgan fingerprint density at radius 2 is 2.00 bits per heavy atom. The second-order valence-electron chi connectivity index (χ2n) is 5.11. The van der Waals surface area contributed by atoms with E-state index in [1.807, 2.05) is 36.4 Å². The van der Waals surface area contributed by atoms with Crippen LogP contribution in [0.1, 0.15) is 16.1 Å². The number of hydrogen-bond acceptors (Lipinski definition) is 2. The molecule has 1 aromatic carbocycles. The van der Waals surface area contributed by atoms with Gasteiger partial charge in [-0.3, -0.25) is 10.1 Å². The van der Waals surface area contributed by atoms with Gasteiger partial charge in [-0.05, 0) is 25.1 Å². The molecular formula is C16H16BrN2O+. The van der Waals surface area contributed by atoms with Crippen LogP contribution in [0.3, 0.4) is 0 Å². The zero-order valence-corrected chi connectivity index (χ0v) is 12.9. The number of carbonyl (C=O) groups is 1. The van der Waals surface area contributed by atoms with Crippen molar-refractivity contribution >= 4 is 27.5 Å². The summed E-state index contributed by atoms with van der Waals surface area (Å²) in [5.74, 6) is 1.27. The van der Waals surface area contributed by atoms with Crippen LogP contribution in [0, 0.1) is 12.8 Å². The van der Waals surface area contributed by atoms with Gasteiger partial charge in [-0.2, -0.15) is 0 Å². The molecule has 1 unspecified atom stereocenters. The van der Waals surface area contributed by atoms with Crippen molar-refractivity contribution in [2.24, 2.45) is 5.92 Å². The third-order valence-electron chi connectivity index (χ3n) is 3.74. The summed E-state index contributed by atoms with van der Waals surface area (Å²) in [6.45, 7) is 3.50. The molecule has 1 N–H and O–H groups in total. The molecule has 20 heavy (non-hydrogen) atoms. The minimum atomic E-state index is -0.0187. The van der Waals surface area contributed by atoms with Crippen molar-refractivity contribution in [3.05, 3.63) is 58.2 Å². The van der Waals surface area contributed by atoms with Crippen LogP contribution in [0.4, 0.5) is 5.82 Å². The van der Waals surface area contributed by atoms with Crippen LogP contribution in [-0.2, 0) is 6.54 Å². The number of anilines is 1. The first-order chi connectivity index (χ1) is 9.65. The smallest absolute Gasteiger partial charge is 0.274 e. The number of hydrogen-bond donors (Lipinski definition) is 1. The maximum Gasteiger partial charge on any atom is 0.274 e. The van der Waals surface area contributed by atoms with Crippen LogP contribution in [0.5, 0.6) is 0 Å². The molecule has 0 radical (unpaired) electrons. The number of aromatic nitrogens is 1. The van der Waals surface area contributed by atoms with Crippen LogP contribution < -0.4 is 9.88 Å². The molecule has 0 fully saturated rings. The van der Waals surface area contributed by atoms with Crippen molar-refractivity contribution in [2.45, 2.75) is 13.5 Å². The summed E-state index contributed by atoms with van der Waals surface area (Å²) >= 11 is 3.39. The van der Waals surface area contributed by atoms with Gasteiger partial charge in [0.15, 0.2) is 5.78 Å². The third-order valence-corrected chi connectivity index (χ3v) is 4.27. The number of pyridine rings is 1. The molecule has 2 aromatic rings. The van der Waals surface area contributed by atoms with E-state index in [-0.39, 0.29) is 11.7 Å². The van der Waals surface area contributed by atoms with Gasteiger partial charge < -0.3 is 0 Å². The van der Waals surface area contributed by atoms with Gasteiger partial charge in [-0.25, -0.2) is 4.57 Å². The van der Waals surface area contributed by atoms with Crippen LogP contribution in [0.25, 0.3) is 0 Å². The number of aryl methyl sites for hydroxylation is 1. The molecule has 0 saturated carbocycles. The molecule has 0 bridgehead atoms. The summed E-state index contributed by atoms with van der Waals surface area (Å²) in [6, 6.07) is 13.7. The molecule has 1 atom stereocenters. The Hall–Kier alpha value is -1.68. The number of benzene rings is 1. The normalized spacial score (nSPS) is 17.2. The molecule has 2 heterocycles. The van der Waals surface area contributed by atoms with E-state index in [1.165, 1.54) is 5.69 Å². The van der Waals surface area contributed by atoms with Gasteiger partial charge in [0.1, 0.15) is 12.2 Å². The van der Waals surface area contributed by atoms with E-state index < -0.39 is 0 Å².